The van der Waals surface area contributed by atoms with Crippen LogP contribution < -0.4 is 0 Å². The van der Waals surface area contributed by atoms with Gasteiger partial charge in [0.05, 0.1) is 26.7 Å². The Morgan fingerprint density at radius 2 is 1.60 bits per heavy atom. The summed E-state index contributed by atoms with van der Waals surface area (Å²) in [6.45, 7) is 1.05. The fraction of sp³-hybridized carbons (Fsp3) is 0.409. The molecule has 35 heavy (non-hydrogen) atoms. The fourth-order valence-electron chi connectivity index (χ4n) is 3.72. The minimum absolute atomic E-state index is 0.0902. The molecule has 0 N–H and O–H groups in total. The SMILES string of the molecule is CCC(F)(F)c1ccc(C(=O)N2CC(CS(=O)(=O)c3cccc(C(F)(F)F)c3)C2)c(S(C)(=O)=O)c1. The van der Waals surface area contributed by atoms with Gasteiger partial charge in [0.2, 0.25) is 0 Å². The largest absolute Gasteiger partial charge is 0.416 e. The topological polar surface area (TPSA) is 88.6 Å². The van der Waals surface area contributed by atoms with E-state index in [1.165, 1.54) is 6.92 Å². The molecule has 1 heterocycles. The van der Waals surface area contributed by atoms with Crippen LogP contribution in [0.4, 0.5) is 22.0 Å². The molecule has 0 unspecified atom stereocenters. The van der Waals surface area contributed by atoms with Gasteiger partial charge < -0.3 is 4.90 Å². The van der Waals surface area contributed by atoms with Gasteiger partial charge in [-0.3, -0.25) is 4.79 Å². The van der Waals surface area contributed by atoms with E-state index in [4.69, 9.17) is 0 Å². The zero-order valence-electron chi connectivity index (χ0n) is 18.6. The molecular weight excluding hydrogens is 517 g/mol. The van der Waals surface area contributed by atoms with Gasteiger partial charge in [0, 0.05) is 37.2 Å². The first-order valence-electron chi connectivity index (χ1n) is 10.4. The van der Waals surface area contributed by atoms with Crippen molar-refractivity contribution in [1.29, 1.82) is 0 Å². The maximum atomic E-state index is 14.1. The van der Waals surface area contributed by atoms with E-state index in [0.29, 0.717) is 6.07 Å². The lowest BCUT2D eigenvalue weighted by molar-refractivity contribution is -0.137. The second kappa shape index (κ2) is 9.16. The molecule has 1 amide bonds. The Hall–Kier alpha value is -2.54. The van der Waals surface area contributed by atoms with Crippen molar-refractivity contribution < 1.29 is 43.6 Å². The molecule has 13 heteroatoms. The molecule has 1 aliphatic rings. The zero-order valence-corrected chi connectivity index (χ0v) is 20.3. The number of likely N-dealkylation sites (tertiary alicyclic amines) is 1. The number of benzene rings is 2. The minimum Gasteiger partial charge on any atom is -0.338 e. The van der Waals surface area contributed by atoms with Gasteiger partial charge in [-0.05, 0) is 30.3 Å². The number of alkyl halides is 5. The predicted octanol–water partition coefficient (Wildman–Crippen LogP) is 4.16. The van der Waals surface area contributed by atoms with Crippen LogP contribution in [0.5, 0.6) is 0 Å². The number of nitrogens with zero attached hydrogens (tertiary/aromatic N) is 1. The highest BCUT2D eigenvalue weighted by Gasteiger charge is 2.38. The summed E-state index contributed by atoms with van der Waals surface area (Å²) in [4.78, 5) is 13.0. The quantitative estimate of drug-likeness (QED) is 0.494. The summed E-state index contributed by atoms with van der Waals surface area (Å²) in [5.74, 6) is -5.17. The average Bonchev–Trinajstić information content (AvgIpc) is 2.74. The van der Waals surface area contributed by atoms with E-state index in [2.05, 4.69) is 0 Å². The van der Waals surface area contributed by atoms with Gasteiger partial charge in [-0.25, -0.2) is 25.6 Å². The number of hydrogen-bond donors (Lipinski definition) is 0. The van der Waals surface area contributed by atoms with Crippen LogP contribution in [0, 0.1) is 5.92 Å². The Kier molecular flexibility index (Phi) is 7.08. The molecule has 1 fully saturated rings. The normalized spacial score (nSPS) is 15.7. The van der Waals surface area contributed by atoms with Gasteiger partial charge in [-0.2, -0.15) is 13.2 Å². The number of carbonyl (C=O) groups is 1. The lowest BCUT2D eigenvalue weighted by atomic mass is 9.99. The van der Waals surface area contributed by atoms with Gasteiger partial charge in [0.25, 0.3) is 11.8 Å². The minimum atomic E-state index is -4.71. The van der Waals surface area contributed by atoms with Gasteiger partial charge in [-0.15, -0.1) is 0 Å². The first kappa shape index (κ1) is 27.1. The van der Waals surface area contributed by atoms with E-state index in [1.54, 1.807) is 0 Å². The van der Waals surface area contributed by atoms with Crippen LogP contribution in [-0.2, 0) is 31.8 Å². The monoisotopic (exact) mass is 539 g/mol. The molecule has 1 aliphatic heterocycles. The van der Waals surface area contributed by atoms with Crippen molar-refractivity contribution in [2.75, 3.05) is 25.1 Å². The van der Waals surface area contributed by atoms with Crippen molar-refractivity contribution in [3.05, 3.63) is 59.2 Å². The summed E-state index contributed by atoms with van der Waals surface area (Å²) in [6, 6.07) is 6.09. The van der Waals surface area contributed by atoms with E-state index in [1.807, 2.05) is 0 Å². The summed E-state index contributed by atoms with van der Waals surface area (Å²) >= 11 is 0. The van der Waals surface area contributed by atoms with Gasteiger partial charge in [-0.1, -0.05) is 19.1 Å². The Morgan fingerprint density at radius 3 is 2.14 bits per heavy atom. The third-order valence-electron chi connectivity index (χ3n) is 5.70. The van der Waals surface area contributed by atoms with Crippen molar-refractivity contribution in [3.63, 3.8) is 0 Å². The van der Waals surface area contributed by atoms with Crippen LogP contribution >= 0.6 is 0 Å². The predicted molar refractivity (Wildman–Crippen MR) is 117 cm³/mol. The smallest absolute Gasteiger partial charge is 0.338 e. The summed E-state index contributed by atoms with van der Waals surface area (Å²) < 4.78 is 116. The second-order valence-corrected chi connectivity index (χ2v) is 12.4. The van der Waals surface area contributed by atoms with Crippen LogP contribution in [0.3, 0.4) is 0 Å². The third-order valence-corrected chi connectivity index (χ3v) is 8.72. The van der Waals surface area contributed by atoms with E-state index in [-0.39, 0.29) is 18.7 Å². The maximum absolute atomic E-state index is 14.1. The molecule has 0 bridgehead atoms. The number of hydrogen-bond acceptors (Lipinski definition) is 5. The van der Waals surface area contributed by atoms with Crippen molar-refractivity contribution in [3.8, 4) is 0 Å². The lowest BCUT2D eigenvalue weighted by Gasteiger charge is -2.39. The number of carbonyl (C=O) groups excluding carboxylic acids is 1. The molecule has 0 spiro atoms. The average molecular weight is 540 g/mol. The first-order valence-corrected chi connectivity index (χ1v) is 13.9. The molecule has 0 saturated carbocycles. The molecule has 2 aromatic rings. The number of halogens is 5. The van der Waals surface area contributed by atoms with Crippen LogP contribution in [0.2, 0.25) is 0 Å². The van der Waals surface area contributed by atoms with Crippen molar-refractivity contribution in [1.82, 2.24) is 4.90 Å². The Bertz CT molecular complexity index is 1350. The second-order valence-electron chi connectivity index (χ2n) is 8.42. The van der Waals surface area contributed by atoms with Gasteiger partial charge >= 0.3 is 6.18 Å². The van der Waals surface area contributed by atoms with Crippen molar-refractivity contribution >= 4 is 25.6 Å². The highest BCUT2D eigenvalue weighted by Crippen LogP contribution is 2.35. The highest BCUT2D eigenvalue weighted by molar-refractivity contribution is 7.91. The highest BCUT2D eigenvalue weighted by atomic mass is 32.2. The summed E-state index contributed by atoms with van der Waals surface area (Å²) in [6.07, 6.45) is -4.50. The van der Waals surface area contributed by atoms with E-state index in [9.17, 15) is 43.6 Å². The summed E-state index contributed by atoms with van der Waals surface area (Å²) in [5, 5.41) is 0. The molecule has 0 atom stereocenters. The van der Waals surface area contributed by atoms with E-state index >= 15 is 0 Å². The molecule has 1 saturated heterocycles. The molecule has 192 valence electrons. The van der Waals surface area contributed by atoms with E-state index < -0.39 is 76.7 Å². The van der Waals surface area contributed by atoms with Crippen molar-refractivity contribution in [2.45, 2.75) is 35.2 Å². The molecule has 3 rings (SSSR count). The van der Waals surface area contributed by atoms with Crippen molar-refractivity contribution in [2.24, 2.45) is 5.92 Å². The molecule has 2 aromatic carbocycles. The molecule has 0 aliphatic carbocycles. The number of amides is 1. The maximum Gasteiger partial charge on any atom is 0.416 e. The molecular formula is C22H22F5NO5S2. The Labute approximate surface area is 199 Å². The number of sulfone groups is 2. The zero-order chi connectivity index (χ0) is 26.4. The summed E-state index contributed by atoms with van der Waals surface area (Å²) in [5.41, 5.74) is -1.97. The Morgan fingerprint density at radius 1 is 0.971 bits per heavy atom. The number of rotatable bonds is 7. The standard InChI is InChI=1S/C22H22F5NO5S2/c1-3-21(23,24)15-7-8-18(19(10-15)34(2,30)31)20(29)28-11-14(12-28)13-35(32,33)17-6-4-5-16(9-17)22(25,26)27/h4-10,14H,3,11-13H2,1-2H3. The van der Waals surface area contributed by atoms with Crippen LogP contribution in [0.15, 0.2) is 52.3 Å². The molecule has 0 radical (unpaired) electrons. The van der Waals surface area contributed by atoms with Crippen LogP contribution in [0.1, 0.15) is 34.8 Å². The van der Waals surface area contributed by atoms with Gasteiger partial charge in [0.15, 0.2) is 19.7 Å². The summed E-state index contributed by atoms with van der Waals surface area (Å²) in [7, 11) is -8.14. The van der Waals surface area contributed by atoms with Crippen LogP contribution in [-0.4, -0.2) is 52.7 Å². The van der Waals surface area contributed by atoms with Gasteiger partial charge in [0.1, 0.15) is 0 Å². The molecule has 6 nitrogen and oxygen atoms in total. The Balaban J connectivity index is 1.77. The fourth-order valence-corrected chi connectivity index (χ4v) is 6.23. The molecule has 0 aromatic heterocycles. The lowest BCUT2D eigenvalue weighted by Crippen LogP contribution is -2.52. The van der Waals surface area contributed by atoms with Crippen LogP contribution in [0.25, 0.3) is 0 Å². The first-order chi connectivity index (χ1) is 16.0. The van der Waals surface area contributed by atoms with E-state index in [0.717, 1.165) is 47.6 Å². The third kappa shape index (κ3) is 5.83.